The Morgan fingerprint density at radius 3 is 2.50 bits per heavy atom. The molecule has 0 saturated heterocycles. The second-order valence-corrected chi connectivity index (χ2v) is 4.73. The minimum atomic E-state index is -0.839. The highest BCUT2D eigenvalue weighted by atomic mass is 16.5. The summed E-state index contributed by atoms with van der Waals surface area (Å²) in [6, 6.07) is 9.64. The van der Waals surface area contributed by atoms with Crippen LogP contribution in [-0.4, -0.2) is 41.6 Å². The molecule has 0 saturated carbocycles. The first-order chi connectivity index (χ1) is 9.52. The molecule has 5 nitrogen and oxygen atoms in total. The second kappa shape index (κ2) is 8.32. The third-order valence-electron chi connectivity index (χ3n) is 3.15. The molecule has 110 valence electrons. The van der Waals surface area contributed by atoms with Gasteiger partial charge in [0.2, 0.25) is 0 Å². The molecule has 0 fully saturated rings. The maximum absolute atomic E-state index is 11.2. The monoisotopic (exact) mass is 279 g/mol. The molecule has 0 aromatic heterocycles. The standard InChI is InChI=1S/C15H21NO4/c1-12(10-14(17)18)16(9-8-15(19)20-2)11-13-6-4-3-5-7-13/h3-7,12H,8-11H2,1-2H3,(H,17,18). The topological polar surface area (TPSA) is 66.8 Å². The van der Waals surface area contributed by atoms with Crippen LogP contribution >= 0.6 is 0 Å². The summed E-state index contributed by atoms with van der Waals surface area (Å²) in [7, 11) is 1.35. The zero-order valence-electron chi connectivity index (χ0n) is 11.9. The minimum Gasteiger partial charge on any atom is -0.481 e. The van der Waals surface area contributed by atoms with Gasteiger partial charge in [-0.15, -0.1) is 0 Å². The fraction of sp³-hybridized carbons (Fsp3) is 0.467. The molecule has 1 aromatic carbocycles. The first-order valence-corrected chi connectivity index (χ1v) is 6.59. The molecule has 1 unspecified atom stereocenters. The molecule has 0 aliphatic rings. The molecule has 0 aliphatic carbocycles. The number of aliphatic carboxylic acids is 1. The molecule has 20 heavy (non-hydrogen) atoms. The van der Waals surface area contributed by atoms with E-state index in [0.29, 0.717) is 13.1 Å². The van der Waals surface area contributed by atoms with Crippen molar-refractivity contribution in [3.63, 3.8) is 0 Å². The summed E-state index contributed by atoms with van der Waals surface area (Å²) in [5.74, 6) is -1.13. The van der Waals surface area contributed by atoms with E-state index in [4.69, 9.17) is 5.11 Å². The number of benzene rings is 1. The summed E-state index contributed by atoms with van der Waals surface area (Å²) in [6.45, 7) is 2.95. The molecule has 0 heterocycles. The SMILES string of the molecule is COC(=O)CCN(Cc1ccccc1)C(C)CC(=O)O. The largest absolute Gasteiger partial charge is 0.481 e. The Balaban J connectivity index is 2.67. The molecule has 1 N–H and O–H groups in total. The Morgan fingerprint density at radius 1 is 1.30 bits per heavy atom. The van der Waals surface area contributed by atoms with Crippen LogP contribution in [0.4, 0.5) is 0 Å². The number of nitrogens with zero attached hydrogens (tertiary/aromatic N) is 1. The van der Waals surface area contributed by atoms with Crippen molar-refractivity contribution in [3.05, 3.63) is 35.9 Å². The van der Waals surface area contributed by atoms with E-state index >= 15 is 0 Å². The summed E-state index contributed by atoms with van der Waals surface area (Å²) < 4.78 is 4.63. The summed E-state index contributed by atoms with van der Waals surface area (Å²) in [6.07, 6.45) is 0.307. The van der Waals surface area contributed by atoms with Crippen LogP contribution < -0.4 is 0 Å². The van der Waals surface area contributed by atoms with Gasteiger partial charge in [0.05, 0.1) is 20.0 Å². The van der Waals surface area contributed by atoms with Gasteiger partial charge in [-0.3, -0.25) is 14.5 Å². The van der Waals surface area contributed by atoms with Crippen LogP contribution in [0.25, 0.3) is 0 Å². The van der Waals surface area contributed by atoms with Crippen LogP contribution in [-0.2, 0) is 20.9 Å². The minimum absolute atomic E-state index is 0.0496. The van der Waals surface area contributed by atoms with Gasteiger partial charge in [-0.2, -0.15) is 0 Å². The molecular formula is C15H21NO4. The zero-order valence-corrected chi connectivity index (χ0v) is 11.9. The molecular weight excluding hydrogens is 258 g/mol. The van der Waals surface area contributed by atoms with E-state index in [1.807, 2.05) is 42.2 Å². The number of carboxylic acids is 1. The molecule has 1 rings (SSSR count). The Hall–Kier alpha value is -1.88. The number of hydrogen-bond donors (Lipinski definition) is 1. The van der Waals surface area contributed by atoms with E-state index in [1.165, 1.54) is 7.11 Å². The Bertz CT molecular complexity index is 433. The Morgan fingerprint density at radius 2 is 1.95 bits per heavy atom. The number of carbonyl (C=O) groups excluding carboxylic acids is 1. The van der Waals surface area contributed by atoms with Gasteiger partial charge in [0, 0.05) is 19.1 Å². The number of hydrogen-bond acceptors (Lipinski definition) is 4. The predicted octanol–water partition coefficient (Wildman–Crippen LogP) is 1.91. The van der Waals surface area contributed by atoms with E-state index in [-0.39, 0.29) is 24.9 Å². The van der Waals surface area contributed by atoms with Gasteiger partial charge in [0.1, 0.15) is 0 Å². The van der Waals surface area contributed by atoms with E-state index < -0.39 is 5.97 Å². The lowest BCUT2D eigenvalue weighted by Crippen LogP contribution is -2.36. The molecule has 0 aliphatic heterocycles. The van der Waals surface area contributed by atoms with E-state index in [9.17, 15) is 9.59 Å². The van der Waals surface area contributed by atoms with Crippen LogP contribution in [0.5, 0.6) is 0 Å². The second-order valence-electron chi connectivity index (χ2n) is 4.73. The lowest BCUT2D eigenvalue weighted by molar-refractivity contribution is -0.141. The first-order valence-electron chi connectivity index (χ1n) is 6.59. The van der Waals surface area contributed by atoms with Crippen molar-refractivity contribution < 1.29 is 19.4 Å². The van der Waals surface area contributed by atoms with Gasteiger partial charge in [0.15, 0.2) is 0 Å². The maximum atomic E-state index is 11.2. The average molecular weight is 279 g/mol. The van der Waals surface area contributed by atoms with Crippen LogP contribution in [0.2, 0.25) is 0 Å². The number of esters is 1. The van der Waals surface area contributed by atoms with Crippen molar-refractivity contribution >= 4 is 11.9 Å². The summed E-state index contributed by atoms with van der Waals surface area (Å²) in [4.78, 5) is 24.1. The number of methoxy groups -OCH3 is 1. The van der Waals surface area contributed by atoms with Crippen molar-refractivity contribution in [1.29, 1.82) is 0 Å². The van der Waals surface area contributed by atoms with Crippen LogP contribution in [0.1, 0.15) is 25.3 Å². The smallest absolute Gasteiger partial charge is 0.306 e. The van der Waals surface area contributed by atoms with Gasteiger partial charge in [-0.1, -0.05) is 30.3 Å². The number of ether oxygens (including phenoxy) is 1. The summed E-state index contributed by atoms with van der Waals surface area (Å²) in [5.41, 5.74) is 1.09. The molecule has 0 bridgehead atoms. The van der Waals surface area contributed by atoms with Gasteiger partial charge < -0.3 is 9.84 Å². The van der Waals surface area contributed by atoms with E-state index in [1.54, 1.807) is 0 Å². The quantitative estimate of drug-likeness (QED) is 0.736. The third-order valence-corrected chi connectivity index (χ3v) is 3.15. The molecule has 0 radical (unpaired) electrons. The highest BCUT2D eigenvalue weighted by Gasteiger charge is 2.18. The lowest BCUT2D eigenvalue weighted by Gasteiger charge is -2.27. The summed E-state index contributed by atoms with van der Waals surface area (Å²) >= 11 is 0. The molecule has 5 heteroatoms. The molecule has 0 spiro atoms. The van der Waals surface area contributed by atoms with Crippen LogP contribution in [0.3, 0.4) is 0 Å². The maximum Gasteiger partial charge on any atom is 0.306 e. The van der Waals surface area contributed by atoms with Crippen LogP contribution in [0.15, 0.2) is 30.3 Å². The third kappa shape index (κ3) is 5.84. The van der Waals surface area contributed by atoms with Crippen molar-refractivity contribution in [3.8, 4) is 0 Å². The zero-order chi connectivity index (χ0) is 15.0. The van der Waals surface area contributed by atoms with Gasteiger partial charge in [-0.05, 0) is 12.5 Å². The van der Waals surface area contributed by atoms with Crippen molar-refractivity contribution in [1.82, 2.24) is 4.90 Å². The van der Waals surface area contributed by atoms with Gasteiger partial charge in [-0.25, -0.2) is 0 Å². The van der Waals surface area contributed by atoms with Gasteiger partial charge >= 0.3 is 11.9 Å². The lowest BCUT2D eigenvalue weighted by atomic mass is 10.1. The fourth-order valence-corrected chi connectivity index (χ4v) is 1.99. The van der Waals surface area contributed by atoms with E-state index in [0.717, 1.165) is 5.56 Å². The van der Waals surface area contributed by atoms with Gasteiger partial charge in [0.25, 0.3) is 0 Å². The molecule has 0 amide bonds. The average Bonchev–Trinajstić information content (AvgIpc) is 2.43. The molecule has 1 atom stereocenters. The highest BCUT2D eigenvalue weighted by Crippen LogP contribution is 2.11. The van der Waals surface area contributed by atoms with E-state index in [2.05, 4.69) is 4.74 Å². The normalized spacial score (nSPS) is 12.2. The Labute approximate surface area is 119 Å². The van der Waals surface area contributed by atoms with Crippen molar-refractivity contribution in [2.75, 3.05) is 13.7 Å². The fourth-order valence-electron chi connectivity index (χ4n) is 1.99. The number of carbonyl (C=O) groups is 2. The van der Waals surface area contributed by atoms with Crippen molar-refractivity contribution in [2.45, 2.75) is 32.4 Å². The predicted molar refractivity (Wildman–Crippen MR) is 75.2 cm³/mol. The first kappa shape index (κ1) is 16.2. The van der Waals surface area contributed by atoms with Crippen molar-refractivity contribution in [2.24, 2.45) is 0 Å². The summed E-state index contributed by atoms with van der Waals surface area (Å²) in [5, 5.41) is 8.90. The molecule has 1 aromatic rings. The van der Waals surface area contributed by atoms with Crippen LogP contribution in [0, 0.1) is 0 Å². The Kier molecular flexibility index (Phi) is 6.73. The number of rotatable bonds is 8. The highest BCUT2D eigenvalue weighted by molar-refractivity contribution is 5.69. The number of carboxylic acid groups (broad SMARTS) is 1.